The smallest absolute Gasteiger partial charge is 0.262 e. The first kappa shape index (κ1) is 12.6. The van der Waals surface area contributed by atoms with Gasteiger partial charge < -0.3 is 9.63 Å². The standard InChI is InChI=1S/C13H9ClN4O2/c1-7-5-15-11(16-6-7)12-17-13(20-18-12)9-4-8(14)2-3-10(9)19/h2-6,19H,1H3. The minimum absolute atomic E-state index is 0.00873. The zero-order chi connectivity index (χ0) is 14.1. The van der Waals surface area contributed by atoms with Gasteiger partial charge in [-0.1, -0.05) is 16.8 Å². The van der Waals surface area contributed by atoms with Crippen LogP contribution in [0.15, 0.2) is 35.1 Å². The quantitative estimate of drug-likeness (QED) is 0.780. The second kappa shape index (κ2) is 4.90. The van der Waals surface area contributed by atoms with Gasteiger partial charge in [-0.25, -0.2) is 9.97 Å². The van der Waals surface area contributed by atoms with Crippen molar-refractivity contribution in [3.63, 3.8) is 0 Å². The molecule has 0 spiro atoms. The van der Waals surface area contributed by atoms with Crippen molar-refractivity contribution >= 4 is 11.6 Å². The first-order valence-corrected chi connectivity index (χ1v) is 6.13. The van der Waals surface area contributed by atoms with Crippen LogP contribution in [0, 0.1) is 6.92 Å². The summed E-state index contributed by atoms with van der Waals surface area (Å²) in [6, 6.07) is 4.58. The Kier molecular flexibility index (Phi) is 3.08. The molecule has 0 radical (unpaired) electrons. The van der Waals surface area contributed by atoms with Crippen molar-refractivity contribution in [1.29, 1.82) is 0 Å². The number of aromatic hydroxyl groups is 1. The molecule has 20 heavy (non-hydrogen) atoms. The zero-order valence-corrected chi connectivity index (χ0v) is 11.2. The third-order valence-electron chi connectivity index (χ3n) is 2.60. The molecule has 0 unspecified atom stereocenters. The highest BCUT2D eigenvalue weighted by molar-refractivity contribution is 6.30. The van der Waals surface area contributed by atoms with E-state index in [4.69, 9.17) is 16.1 Å². The number of hydrogen-bond acceptors (Lipinski definition) is 6. The monoisotopic (exact) mass is 288 g/mol. The number of hydrogen-bond donors (Lipinski definition) is 1. The van der Waals surface area contributed by atoms with Crippen molar-refractivity contribution in [3.05, 3.63) is 41.2 Å². The Hall–Kier alpha value is -2.47. The molecule has 3 aromatic rings. The fourth-order valence-corrected chi connectivity index (χ4v) is 1.78. The molecule has 3 rings (SSSR count). The summed E-state index contributed by atoms with van der Waals surface area (Å²) in [5, 5.41) is 14.0. The molecule has 1 aromatic carbocycles. The molecule has 0 saturated heterocycles. The van der Waals surface area contributed by atoms with Crippen molar-refractivity contribution < 1.29 is 9.63 Å². The minimum Gasteiger partial charge on any atom is -0.507 e. The van der Waals surface area contributed by atoms with Crippen LogP contribution in [0.1, 0.15) is 5.56 Å². The normalized spacial score (nSPS) is 10.7. The van der Waals surface area contributed by atoms with E-state index >= 15 is 0 Å². The summed E-state index contributed by atoms with van der Waals surface area (Å²) in [6.07, 6.45) is 3.32. The Bertz CT molecular complexity index is 755. The molecule has 0 bridgehead atoms. The molecule has 0 saturated carbocycles. The minimum atomic E-state index is 0.00873. The van der Waals surface area contributed by atoms with Gasteiger partial charge in [0.05, 0.1) is 5.56 Å². The lowest BCUT2D eigenvalue weighted by Gasteiger charge is -1.98. The summed E-state index contributed by atoms with van der Waals surface area (Å²) in [6.45, 7) is 1.88. The molecule has 0 amide bonds. The van der Waals surface area contributed by atoms with E-state index in [0.717, 1.165) is 5.56 Å². The summed E-state index contributed by atoms with van der Waals surface area (Å²) < 4.78 is 5.11. The third kappa shape index (κ3) is 2.33. The summed E-state index contributed by atoms with van der Waals surface area (Å²) >= 11 is 5.88. The number of aryl methyl sites for hydroxylation is 1. The molecule has 0 atom stereocenters. The van der Waals surface area contributed by atoms with Crippen molar-refractivity contribution in [2.24, 2.45) is 0 Å². The van der Waals surface area contributed by atoms with Gasteiger partial charge in [0.2, 0.25) is 11.6 Å². The molecular formula is C13H9ClN4O2. The molecule has 2 heterocycles. The van der Waals surface area contributed by atoms with Gasteiger partial charge in [0.1, 0.15) is 5.75 Å². The lowest BCUT2D eigenvalue weighted by molar-refractivity contribution is 0.425. The van der Waals surface area contributed by atoms with Crippen molar-refractivity contribution in [3.8, 4) is 28.9 Å². The first-order chi connectivity index (χ1) is 9.63. The van der Waals surface area contributed by atoms with Crippen molar-refractivity contribution in [2.75, 3.05) is 0 Å². The van der Waals surface area contributed by atoms with Crippen LogP contribution >= 0.6 is 11.6 Å². The van der Waals surface area contributed by atoms with Crippen LogP contribution in [0.5, 0.6) is 5.75 Å². The fraction of sp³-hybridized carbons (Fsp3) is 0.0769. The van der Waals surface area contributed by atoms with Gasteiger partial charge in [-0.3, -0.25) is 0 Å². The van der Waals surface area contributed by atoms with E-state index in [9.17, 15) is 5.11 Å². The van der Waals surface area contributed by atoms with Crippen LogP contribution in [0.3, 0.4) is 0 Å². The summed E-state index contributed by atoms with van der Waals surface area (Å²) in [5.41, 5.74) is 1.30. The highest BCUT2D eigenvalue weighted by Gasteiger charge is 2.15. The van der Waals surface area contributed by atoms with Gasteiger partial charge in [-0.15, -0.1) is 0 Å². The second-order valence-corrected chi connectivity index (χ2v) is 4.61. The molecule has 2 aromatic heterocycles. The van der Waals surface area contributed by atoms with Gasteiger partial charge in [-0.05, 0) is 30.7 Å². The maximum absolute atomic E-state index is 9.79. The largest absolute Gasteiger partial charge is 0.507 e. The molecule has 0 aliphatic heterocycles. The lowest BCUT2D eigenvalue weighted by Crippen LogP contribution is -1.90. The molecule has 1 N–H and O–H groups in total. The Morgan fingerprint density at radius 2 is 1.90 bits per heavy atom. The molecule has 0 aliphatic carbocycles. The van der Waals surface area contributed by atoms with E-state index in [-0.39, 0.29) is 17.5 Å². The molecule has 0 fully saturated rings. The number of benzene rings is 1. The van der Waals surface area contributed by atoms with E-state index in [1.54, 1.807) is 24.5 Å². The predicted molar refractivity (Wildman–Crippen MR) is 72.2 cm³/mol. The number of aromatic nitrogens is 4. The Balaban J connectivity index is 2.01. The van der Waals surface area contributed by atoms with Gasteiger partial charge in [0.15, 0.2) is 0 Å². The summed E-state index contributed by atoms with van der Waals surface area (Å²) in [7, 11) is 0. The predicted octanol–water partition coefficient (Wildman–Crippen LogP) is 2.86. The number of phenols is 1. The van der Waals surface area contributed by atoms with E-state index in [1.807, 2.05) is 6.92 Å². The van der Waals surface area contributed by atoms with Crippen LogP contribution in [0.2, 0.25) is 5.02 Å². The lowest BCUT2D eigenvalue weighted by atomic mass is 10.2. The molecule has 7 heteroatoms. The van der Waals surface area contributed by atoms with Crippen LogP contribution in [0.4, 0.5) is 0 Å². The maximum Gasteiger partial charge on any atom is 0.262 e. The SMILES string of the molecule is Cc1cnc(-c2noc(-c3cc(Cl)ccc3O)n2)nc1. The van der Waals surface area contributed by atoms with Crippen LogP contribution in [-0.4, -0.2) is 25.2 Å². The fourth-order valence-electron chi connectivity index (χ4n) is 1.61. The third-order valence-corrected chi connectivity index (χ3v) is 2.83. The number of phenolic OH excluding ortho intramolecular Hbond substituents is 1. The zero-order valence-electron chi connectivity index (χ0n) is 10.4. The second-order valence-electron chi connectivity index (χ2n) is 4.17. The van der Waals surface area contributed by atoms with Gasteiger partial charge in [-0.2, -0.15) is 4.98 Å². The topological polar surface area (TPSA) is 84.9 Å². The van der Waals surface area contributed by atoms with Gasteiger partial charge in [0.25, 0.3) is 5.89 Å². The van der Waals surface area contributed by atoms with E-state index < -0.39 is 0 Å². The van der Waals surface area contributed by atoms with E-state index in [2.05, 4.69) is 20.1 Å². The Labute approximate surface area is 119 Å². The Morgan fingerprint density at radius 1 is 1.15 bits per heavy atom. The van der Waals surface area contributed by atoms with E-state index in [0.29, 0.717) is 16.4 Å². The average Bonchev–Trinajstić information content (AvgIpc) is 2.92. The highest BCUT2D eigenvalue weighted by Crippen LogP contribution is 2.31. The summed E-state index contributed by atoms with van der Waals surface area (Å²) in [4.78, 5) is 12.4. The van der Waals surface area contributed by atoms with Crippen LogP contribution < -0.4 is 0 Å². The van der Waals surface area contributed by atoms with Crippen molar-refractivity contribution in [2.45, 2.75) is 6.92 Å². The average molecular weight is 289 g/mol. The van der Waals surface area contributed by atoms with Gasteiger partial charge >= 0.3 is 0 Å². The number of nitrogens with zero attached hydrogens (tertiary/aromatic N) is 4. The van der Waals surface area contributed by atoms with Gasteiger partial charge in [0, 0.05) is 17.4 Å². The number of rotatable bonds is 2. The maximum atomic E-state index is 9.79. The van der Waals surface area contributed by atoms with Crippen LogP contribution in [-0.2, 0) is 0 Å². The summed E-state index contributed by atoms with van der Waals surface area (Å²) in [5.74, 6) is 0.769. The number of halogens is 1. The first-order valence-electron chi connectivity index (χ1n) is 5.75. The molecular weight excluding hydrogens is 280 g/mol. The molecule has 0 aliphatic rings. The molecule has 100 valence electrons. The van der Waals surface area contributed by atoms with Crippen LogP contribution in [0.25, 0.3) is 23.1 Å². The Morgan fingerprint density at radius 3 is 2.65 bits per heavy atom. The molecule has 6 nitrogen and oxygen atoms in total. The highest BCUT2D eigenvalue weighted by atomic mass is 35.5. The van der Waals surface area contributed by atoms with Crippen molar-refractivity contribution in [1.82, 2.24) is 20.1 Å². The van der Waals surface area contributed by atoms with E-state index in [1.165, 1.54) is 6.07 Å².